The maximum absolute atomic E-state index is 13.7. The van der Waals surface area contributed by atoms with E-state index in [2.05, 4.69) is 0 Å². The molecule has 3 aromatic rings. The Hall–Kier alpha value is -3.61. The van der Waals surface area contributed by atoms with Crippen molar-refractivity contribution in [2.45, 2.75) is 11.7 Å². The molecule has 3 aromatic carbocycles. The molecule has 7 heteroatoms. The Morgan fingerprint density at radius 1 is 0.727 bits per heavy atom. The van der Waals surface area contributed by atoms with Gasteiger partial charge in [-0.25, -0.2) is 4.90 Å². The summed E-state index contributed by atoms with van der Waals surface area (Å²) in [6, 6.07) is 21.6. The van der Waals surface area contributed by atoms with Crippen molar-refractivity contribution in [3.63, 3.8) is 0 Å². The molecule has 0 N–H and O–H groups in total. The van der Waals surface area contributed by atoms with E-state index < -0.39 is 46.9 Å². The summed E-state index contributed by atoms with van der Waals surface area (Å²) in [7, 11) is 0. The molecule has 1 spiro atoms. The first-order chi connectivity index (χ1) is 15.9. The molecule has 0 aromatic heterocycles. The van der Waals surface area contributed by atoms with Crippen LogP contribution in [0.2, 0.25) is 5.02 Å². The third kappa shape index (κ3) is 2.53. The lowest BCUT2D eigenvalue weighted by Crippen LogP contribution is -2.51. The molecule has 2 saturated heterocycles. The van der Waals surface area contributed by atoms with Crippen LogP contribution >= 0.6 is 11.6 Å². The van der Waals surface area contributed by atoms with Crippen LogP contribution in [0.15, 0.2) is 78.9 Å². The smallest absolute Gasteiger partial charge is 0.241 e. The summed E-state index contributed by atoms with van der Waals surface area (Å²) in [6.07, 6.45) is -0.959. The largest absolute Gasteiger partial charge is 0.349 e. The van der Waals surface area contributed by atoms with Crippen molar-refractivity contribution >= 4 is 40.7 Å². The SMILES string of the molecule is O=C1[C@@H]2[C@H](c3ccc(Cl)cc3)OC3(C(=O)c4ccccc4C3=O)[C@H]2C(=O)N1c1ccccc1. The summed E-state index contributed by atoms with van der Waals surface area (Å²) in [6.45, 7) is 0. The lowest BCUT2D eigenvalue weighted by atomic mass is 9.77. The molecule has 6 rings (SSSR count). The van der Waals surface area contributed by atoms with Crippen LogP contribution in [0.25, 0.3) is 0 Å². The van der Waals surface area contributed by atoms with Crippen LogP contribution in [-0.4, -0.2) is 29.0 Å². The standard InChI is InChI=1S/C26H16ClNO5/c27-15-12-10-14(11-13-15)21-19-20(25(32)28(24(19)31)16-6-2-1-3-7-16)26(33-21)22(29)17-8-4-5-9-18(17)23(26)30/h1-13,19-21H/t19-,20+,21-/m0/s1. The first kappa shape index (κ1) is 20.0. The summed E-state index contributed by atoms with van der Waals surface area (Å²) < 4.78 is 6.22. The van der Waals surface area contributed by atoms with Crippen LogP contribution in [0.4, 0.5) is 5.69 Å². The van der Waals surface area contributed by atoms with Gasteiger partial charge >= 0.3 is 0 Å². The molecule has 0 bridgehead atoms. The van der Waals surface area contributed by atoms with Gasteiger partial charge in [0.05, 0.1) is 23.6 Å². The number of nitrogens with zero attached hydrogens (tertiary/aromatic N) is 1. The Morgan fingerprint density at radius 3 is 1.91 bits per heavy atom. The van der Waals surface area contributed by atoms with Gasteiger partial charge in [0.25, 0.3) is 0 Å². The number of anilines is 1. The van der Waals surface area contributed by atoms with E-state index in [0.717, 1.165) is 4.90 Å². The number of carbonyl (C=O) groups excluding carboxylic acids is 4. The van der Waals surface area contributed by atoms with E-state index in [0.29, 0.717) is 16.3 Å². The summed E-state index contributed by atoms with van der Waals surface area (Å²) in [5.74, 6) is -4.55. The summed E-state index contributed by atoms with van der Waals surface area (Å²) in [5, 5.41) is 0.489. The number of amides is 2. The maximum atomic E-state index is 13.7. The maximum Gasteiger partial charge on any atom is 0.241 e. The van der Waals surface area contributed by atoms with Crippen LogP contribution in [0.5, 0.6) is 0 Å². The van der Waals surface area contributed by atoms with Crippen LogP contribution in [0.1, 0.15) is 32.4 Å². The summed E-state index contributed by atoms with van der Waals surface area (Å²) >= 11 is 6.03. The highest BCUT2D eigenvalue weighted by Crippen LogP contribution is 2.57. The monoisotopic (exact) mass is 457 g/mol. The zero-order valence-corrected chi connectivity index (χ0v) is 17.9. The average Bonchev–Trinajstić information content (AvgIpc) is 3.40. The highest BCUT2D eigenvalue weighted by molar-refractivity contribution is 6.37. The third-order valence-electron chi connectivity index (χ3n) is 6.73. The molecule has 6 nitrogen and oxygen atoms in total. The number of hydrogen-bond acceptors (Lipinski definition) is 5. The number of ether oxygens (including phenoxy) is 1. The first-order valence-corrected chi connectivity index (χ1v) is 10.9. The zero-order chi connectivity index (χ0) is 22.9. The van der Waals surface area contributed by atoms with E-state index in [9.17, 15) is 19.2 Å². The molecule has 3 aliphatic rings. The minimum absolute atomic E-state index is 0.205. The van der Waals surface area contributed by atoms with E-state index in [1.54, 1.807) is 78.9 Å². The van der Waals surface area contributed by atoms with Crippen molar-refractivity contribution in [1.82, 2.24) is 0 Å². The van der Waals surface area contributed by atoms with E-state index >= 15 is 0 Å². The van der Waals surface area contributed by atoms with Gasteiger partial charge in [-0.3, -0.25) is 19.2 Å². The zero-order valence-electron chi connectivity index (χ0n) is 17.1. The van der Waals surface area contributed by atoms with Gasteiger partial charge in [-0.1, -0.05) is 66.2 Å². The Labute approximate surface area is 193 Å². The van der Waals surface area contributed by atoms with Crippen molar-refractivity contribution in [2.75, 3.05) is 4.90 Å². The Bertz CT molecular complexity index is 1320. The van der Waals surface area contributed by atoms with Crippen LogP contribution < -0.4 is 4.90 Å². The number of hydrogen-bond donors (Lipinski definition) is 0. The van der Waals surface area contributed by atoms with Gasteiger partial charge in [-0.15, -0.1) is 0 Å². The molecular formula is C26H16ClNO5. The number of halogens is 1. The summed E-state index contributed by atoms with van der Waals surface area (Å²) in [5.41, 5.74) is -0.705. The molecule has 1 aliphatic carbocycles. The minimum atomic E-state index is -2.07. The number of imide groups is 1. The van der Waals surface area contributed by atoms with E-state index in [1.807, 2.05) is 0 Å². The highest BCUT2D eigenvalue weighted by Gasteiger charge is 2.74. The van der Waals surface area contributed by atoms with Gasteiger partial charge in [0.15, 0.2) is 0 Å². The van der Waals surface area contributed by atoms with Gasteiger partial charge in [0.1, 0.15) is 0 Å². The average molecular weight is 458 g/mol. The molecule has 2 fully saturated rings. The number of carbonyl (C=O) groups is 4. The molecule has 0 saturated carbocycles. The lowest BCUT2D eigenvalue weighted by molar-refractivity contribution is -0.127. The van der Waals surface area contributed by atoms with Crippen molar-refractivity contribution in [3.8, 4) is 0 Å². The number of rotatable bonds is 2. The molecule has 3 atom stereocenters. The van der Waals surface area contributed by atoms with Crippen LogP contribution in [0, 0.1) is 11.8 Å². The predicted octanol–water partition coefficient (Wildman–Crippen LogP) is 4.04. The second kappa shape index (κ2) is 6.94. The molecule has 0 unspecified atom stereocenters. The normalized spacial score (nSPS) is 25.1. The molecule has 0 radical (unpaired) electrons. The summed E-state index contributed by atoms with van der Waals surface area (Å²) in [4.78, 5) is 55.8. The van der Waals surface area contributed by atoms with Gasteiger partial charge in [-0.2, -0.15) is 0 Å². The Morgan fingerprint density at radius 2 is 1.30 bits per heavy atom. The van der Waals surface area contributed by atoms with Crippen molar-refractivity contribution < 1.29 is 23.9 Å². The Kier molecular flexibility index (Phi) is 4.21. The second-order valence-corrected chi connectivity index (χ2v) is 8.82. The van der Waals surface area contributed by atoms with E-state index in [4.69, 9.17) is 16.3 Å². The van der Waals surface area contributed by atoms with Crippen molar-refractivity contribution in [1.29, 1.82) is 0 Å². The lowest BCUT2D eigenvalue weighted by Gasteiger charge is -2.27. The van der Waals surface area contributed by atoms with Gasteiger partial charge < -0.3 is 4.74 Å². The number of Topliss-reactive ketones (excluding diaryl/α,β-unsaturated/α-hetero) is 2. The number of para-hydroxylation sites is 1. The topological polar surface area (TPSA) is 80.8 Å². The fourth-order valence-electron chi connectivity index (χ4n) is 5.30. The fraction of sp³-hybridized carbons (Fsp3) is 0.154. The van der Waals surface area contributed by atoms with E-state index in [-0.39, 0.29) is 11.1 Å². The Balaban J connectivity index is 1.55. The number of ketones is 2. The third-order valence-corrected chi connectivity index (χ3v) is 6.98. The molecule has 33 heavy (non-hydrogen) atoms. The molecule has 2 heterocycles. The molecule has 2 aliphatic heterocycles. The first-order valence-electron chi connectivity index (χ1n) is 10.5. The highest BCUT2D eigenvalue weighted by atomic mass is 35.5. The van der Waals surface area contributed by atoms with Crippen LogP contribution in [-0.2, 0) is 14.3 Å². The predicted molar refractivity (Wildman–Crippen MR) is 119 cm³/mol. The van der Waals surface area contributed by atoms with E-state index in [1.165, 1.54) is 0 Å². The minimum Gasteiger partial charge on any atom is -0.349 e. The van der Waals surface area contributed by atoms with Gasteiger partial charge in [0.2, 0.25) is 29.0 Å². The van der Waals surface area contributed by atoms with Crippen molar-refractivity contribution in [3.05, 3.63) is 101 Å². The second-order valence-electron chi connectivity index (χ2n) is 8.38. The quantitative estimate of drug-likeness (QED) is 0.428. The fourth-order valence-corrected chi connectivity index (χ4v) is 5.43. The number of benzene rings is 3. The van der Waals surface area contributed by atoms with Gasteiger partial charge in [0, 0.05) is 16.1 Å². The molecular weight excluding hydrogens is 442 g/mol. The molecule has 2 amide bonds. The number of fused-ring (bicyclic) bond motifs is 3. The van der Waals surface area contributed by atoms with Gasteiger partial charge in [-0.05, 0) is 29.8 Å². The van der Waals surface area contributed by atoms with Crippen LogP contribution in [0.3, 0.4) is 0 Å². The van der Waals surface area contributed by atoms with Crippen molar-refractivity contribution in [2.24, 2.45) is 11.8 Å². The molecule has 162 valence electrons.